The molecule has 1 atom stereocenters. The van der Waals surface area contributed by atoms with Crippen LogP contribution in [0.2, 0.25) is 0 Å². The van der Waals surface area contributed by atoms with Crippen molar-refractivity contribution in [2.24, 2.45) is 0 Å². The number of nitro benzene ring substituents is 1. The lowest BCUT2D eigenvalue weighted by Crippen LogP contribution is -2.38. The minimum atomic E-state index is -0.833. The molecule has 0 saturated heterocycles. The van der Waals surface area contributed by atoms with E-state index in [2.05, 4.69) is 10.1 Å². The number of hydrogen-bond donors (Lipinski definition) is 1. The second-order valence-electron chi connectivity index (χ2n) is 6.95. The van der Waals surface area contributed by atoms with Crippen LogP contribution >= 0.6 is 0 Å². The van der Waals surface area contributed by atoms with Crippen LogP contribution in [0.15, 0.2) is 28.8 Å². The van der Waals surface area contributed by atoms with E-state index >= 15 is 0 Å². The number of nitro groups is 1. The van der Waals surface area contributed by atoms with Crippen LogP contribution in [0, 0.1) is 10.1 Å². The standard InChI is InChI=1S/C20H28N4O7/c1-3-5-19(26)30-14-17(25)13-23(10-11-29-2)9-8-18-21-20(22-31-18)15-6-4-7-16(12-15)24(27)28/h4,6-7,12,17,25H,3,5,8-11,13-14H2,1-2H3. The van der Waals surface area contributed by atoms with E-state index in [0.717, 1.165) is 0 Å². The summed E-state index contributed by atoms with van der Waals surface area (Å²) in [5, 5.41) is 25.0. The Bertz CT molecular complexity index is 842. The molecule has 0 saturated carbocycles. The topological polar surface area (TPSA) is 141 Å². The van der Waals surface area contributed by atoms with Crippen molar-refractivity contribution < 1.29 is 28.8 Å². The molecule has 0 radical (unpaired) electrons. The molecule has 1 aromatic carbocycles. The molecule has 0 aliphatic carbocycles. The number of rotatable bonds is 14. The van der Waals surface area contributed by atoms with E-state index < -0.39 is 11.0 Å². The Balaban J connectivity index is 1.92. The number of carbonyl (C=O) groups excluding carboxylic acids is 1. The van der Waals surface area contributed by atoms with Crippen molar-refractivity contribution in [3.05, 3.63) is 40.3 Å². The summed E-state index contributed by atoms with van der Waals surface area (Å²) in [5.74, 6) is 0.308. The fraction of sp³-hybridized carbons (Fsp3) is 0.550. The third-order valence-corrected chi connectivity index (χ3v) is 4.40. The minimum Gasteiger partial charge on any atom is -0.463 e. The van der Waals surface area contributed by atoms with Crippen LogP contribution in [0.3, 0.4) is 0 Å². The number of ether oxygens (including phenoxy) is 2. The van der Waals surface area contributed by atoms with E-state index in [1.54, 1.807) is 19.2 Å². The van der Waals surface area contributed by atoms with Crippen LogP contribution in [-0.4, -0.2) is 77.1 Å². The molecular weight excluding hydrogens is 408 g/mol. The summed E-state index contributed by atoms with van der Waals surface area (Å²) >= 11 is 0. The lowest BCUT2D eigenvalue weighted by molar-refractivity contribution is -0.384. The maximum Gasteiger partial charge on any atom is 0.305 e. The molecule has 0 fully saturated rings. The van der Waals surface area contributed by atoms with Crippen molar-refractivity contribution in [3.8, 4) is 11.4 Å². The Morgan fingerprint density at radius 1 is 1.39 bits per heavy atom. The number of esters is 1. The number of aliphatic hydroxyl groups excluding tert-OH is 1. The van der Waals surface area contributed by atoms with Crippen molar-refractivity contribution in [3.63, 3.8) is 0 Å². The fourth-order valence-electron chi connectivity index (χ4n) is 2.82. The summed E-state index contributed by atoms with van der Waals surface area (Å²) in [6.45, 7) is 3.62. The molecule has 2 rings (SSSR count). The molecule has 0 aliphatic rings. The summed E-state index contributed by atoms with van der Waals surface area (Å²) < 4.78 is 15.4. The highest BCUT2D eigenvalue weighted by molar-refractivity contribution is 5.69. The molecule has 11 heteroatoms. The van der Waals surface area contributed by atoms with Crippen LogP contribution in [0.4, 0.5) is 5.69 Å². The molecule has 0 aliphatic heterocycles. The Morgan fingerprint density at radius 3 is 2.90 bits per heavy atom. The van der Waals surface area contributed by atoms with Gasteiger partial charge < -0.3 is 19.1 Å². The second kappa shape index (κ2) is 12.7. The summed E-state index contributed by atoms with van der Waals surface area (Å²) in [4.78, 5) is 28.2. The number of hydrogen-bond acceptors (Lipinski definition) is 10. The molecule has 11 nitrogen and oxygen atoms in total. The van der Waals surface area contributed by atoms with Gasteiger partial charge in [0.15, 0.2) is 0 Å². The van der Waals surface area contributed by atoms with Crippen LogP contribution in [0.25, 0.3) is 11.4 Å². The maximum absolute atomic E-state index is 11.5. The number of carbonyl (C=O) groups is 1. The van der Waals surface area contributed by atoms with Crippen LogP contribution in [-0.2, 0) is 20.7 Å². The van der Waals surface area contributed by atoms with Gasteiger partial charge in [0.25, 0.3) is 5.69 Å². The molecule has 170 valence electrons. The normalized spacial score (nSPS) is 12.1. The first-order valence-electron chi connectivity index (χ1n) is 10.0. The molecule has 2 aromatic rings. The summed E-state index contributed by atoms with van der Waals surface area (Å²) in [6.07, 6.45) is 0.594. The van der Waals surface area contributed by atoms with Gasteiger partial charge in [0.1, 0.15) is 12.7 Å². The Kier molecular flexibility index (Phi) is 10.0. The van der Waals surface area contributed by atoms with Crippen molar-refractivity contribution in [2.75, 3.05) is 40.0 Å². The molecule has 1 N–H and O–H groups in total. The van der Waals surface area contributed by atoms with Gasteiger partial charge in [0.2, 0.25) is 11.7 Å². The van der Waals surface area contributed by atoms with Gasteiger partial charge >= 0.3 is 5.97 Å². The van der Waals surface area contributed by atoms with Gasteiger partial charge in [-0.15, -0.1) is 0 Å². The number of non-ortho nitro benzene ring substituents is 1. The first-order valence-corrected chi connectivity index (χ1v) is 10.0. The zero-order chi connectivity index (χ0) is 22.6. The minimum absolute atomic E-state index is 0.0526. The van der Waals surface area contributed by atoms with E-state index in [1.165, 1.54) is 12.1 Å². The molecular formula is C20H28N4O7. The average Bonchev–Trinajstić information content (AvgIpc) is 3.23. The molecule has 31 heavy (non-hydrogen) atoms. The quantitative estimate of drug-likeness (QED) is 0.265. The maximum atomic E-state index is 11.5. The van der Waals surface area contributed by atoms with E-state index in [1.807, 2.05) is 11.8 Å². The highest BCUT2D eigenvalue weighted by Crippen LogP contribution is 2.21. The number of nitrogens with zero attached hydrogens (tertiary/aromatic N) is 4. The van der Waals surface area contributed by atoms with Gasteiger partial charge in [-0.3, -0.25) is 19.8 Å². The lowest BCUT2D eigenvalue weighted by Gasteiger charge is -2.24. The van der Waals surface area contributed by atoms with Gasteiger partial charge in [-0.25, -0.2) is 0 Å². The van der Waals surface area contributed by atoms with Crippen LogP contribution < -0.4 is 0 Å². The highest BCUT2D eigenvalue weighted by Gasteiger charge is 2.17. The first kappa shape index (κ1) is 24.4. The predicted octanol–water partition coefficient (Wildman–Crippen LogP) is 1.84. The third-order valence-electron chi connectivity index (χ3n) is 4.40. The van der Waals surface area contributed by atoms with E-state index in [0.29, 0.717) is 50.4 Å². The van der Waals surface area contributed by atoms with Crippen molar-refractivity contribution >= 4 is 11.7 Å². The number of aliphatic hydroxyl groups is 1. The van der Waals surface area contributed by atoms with Gasteiger partial charge in [-0.1, -0.05) is 24.2 Å². The number of benzene rings is 1. The van der Waals surface area contributed by atoms with Crippen molar-refractivity contribution in [1.29, 1.82) is 0 Å². The Hall–Kier alpha value is -2.89. The monoisotopic (exact) mass is 436 g/mol. The van der Waals surface area contributed by atoms with Gasteiger partial charge in [-0.2, -0.15) is 4.98 Å². The highest BCUT2D eigenvalue weighted by atomic mass is 16.6. The molecule has 1 heterocycles. The second-order valence-corrected chi connectivity index (χ2v) is 6.95. The molecule has 1 aromatic heterocycles. The third kappa shape index (κ3) is 8.40. The van der Waals surface area contributed by atoms with E-state index in [-0.39, 0.29) is 30.6 Å². The van der Waals surface area contributed by atoms with Crippen molar-refractivity contribution in [1.82, 2.24) is 15.0 Å². The van der Waals surface area contributed by atoms with Gasteiger partial charge in [-0.05, 0) is 6.42 Å². The molecule has 0 spiro atoms. The smallest absolute Gasteiger partial charge is 0.305 e. The molecule has 0 amide bonds. The number of methoxy groups -OCH3 is 1. The van der Waals surface area contributed by atoms with Gasteiger partial charge in [0, 0.05) is 57.3 Å². The summed E-state index contributed by atoms with van der Waals surface area (Å²) in [6, 6.07) is 6.01. The summed E-state index contributed by atoms with van der Waals surface area (Å²) in [7, 11) is 1.59. The SMILES string of the molecule is CCCC(=O)OCC(O)CN(CCOC)CCc1nc(-c2cccc([N+](=O)[O-])c2)no1. The zero-order valence-corrected chi connectivity index (χ0v) is 17.7. The molecule has 0 bridgehead atoms. The Labute approximate surface area is 180 Å². The first-order chi connectivity index (χ1) is 14.9. The van der Waals surface area contributed by atoms with E-state index in [9.17, 15) is 20.0 Å². The van der Waals surface area contributed by atoms with Crippen LogP contribution in [0.5, 0.6) is 0 Å². The van der Waals surface area contributed by atoms with Crippen molar-refractivity contribution in [2.45, 2.75) is 32.3 Å². The zero-order valence-electron chi connectivity index (χ0n) is 17.7. The predicted molar refractivity (Wildman–Crippen MR) is 110 cm³/mol. The molecule has 1 unspecified atom stereocenters. The van der Waals surface area contributed by atoms with E-state index in [4.69, 9.17) is 14.0 Å². The average molecular weight is 436 g/mol. The number of aromatic nitrogens is 2. The van der Waals surface area contributed by atoms with Crippen LogP contribution in [0.1, 0.15) is 25.7 Å². The largest absolute Gasteiger partial charge is 0.463 e. The lowest BCUT2D eigenvalue weighted by atomic mass is 10.2. The summed E-state index contributed by atoms with van der Waals surface area (Å²) in [5.41, 5.74) is 0.438. The fourth-order valence-corrected chi connectivity index (χ4v) is 2.82. The Morgan fingerprint density at radius 2 is 2.19 bits per heavy atom. The van der Waals surface area contributed by atoms with Gasteiger partial charge in [0.05, 0.1) is 11.5 Å².